The maximum Gasteiger partial charge on any atom is 0.143 e. The van der Waals surface area contributed by atoms with Crippen molar-refractivity contribution in [2.45, 2.75) is 32.3 Å². The van der Waals surface area contributed by atoms with Crippen molar-refractivity contribution in [2.24, 2.45) is 0 Å². The molecule has 0 amide bonds. The molecule has 4 rings (SSSR count). The molecule has 26 heavy (non-hydrogen) atoms. The van der Waals surface area contributed by atoms with Crippen molar-refractivity contribution in [1.82, 2.24) is 0 Å². The molecule has 0 saturated carbocycles. The van der Waals surface area contributed by atoms with Gasteiger partial charge in [-0.15, -0.1) is 0 Å². The Labute approximate surface area is 158 Å². The van der Waals surface area contributed by atoms with E-state index in [1.54, 1.807) is 0 Å². The Morgan fingerprint density at radius 2 is 1.88 bits per heavy atom. The van der Waals surface area contributed by atoms with E-state index in [4.69, 9.17) is 16.0 Å². The van der Waals surface area contributed by atoms with Gasteiger partial charge in [-0.3, -0.25) is 0 Å². The molecule has 0 spiro atoms. The maximum absolute atomic E-state index is 11.0. The number of benzene rings is 2. The normalized spacial score (nSPS) is 17.5. The molecule has 0 aliphatic heterocycles. The van der Waals surface area contributed by atoms with Gasteiger partial charge < -0.3 is 9.52 Å². The van der Waals surface area contributed by atoms with Gasteiger partial charge in [0.25, 0.3) is 0 Å². The average Bonchev–Trinajstić information content (AvgIpc) is 2.91. The summed E-state index contributed by atoms with van der Waals surface area (Å²) in [5.74, 6) is 0. The van der Waals surface area contributed by atoms with Crippen molar-refractivity contribution in [3.05, 3.63) is 76.9 Å². The molecular formula is C23H21ClO2. The predicted octanol–water partition coefficient (Wildman–Crippen LogP) is 6.58. The second kappa shape index (κ2) is 6.46. The van der Waals surface area contributed by atoms with Gasteiger partial charge in [-0.2, -0.15) is 0 Å². The summed E-state index contributed by atoms with van der Waals surface area (Å²) in [4.78, 5) is 0. The minimum absolute atomic E-state index is 0.594. The predicted molar refractivity (Wildman–Crippen MR) is 109 cm³/mol. The van der Waals surface area contributed by atoms with Crippen LogP contribution in [0.5, 0.6) is 0 Å². The maximum atomic E-state index is 11.0. The highest BCUT2D eigenvalue weighted by Crippen LogP contribution is 2.39. The third-order valence-corrected chi connectivity index (χ3v) is 5.42. The molecule has 1 N–H and O–H groups in total. The monoisotopic (exact) mass is 364 g/mol. The van der Waals surface area contributed by atoms with E-state index in [0.29, 0.717) is 12.8 Å². The van der Waals surface area contributed by atoms with Gasteiger partial charge >= 0.3 is 0 Å². The quantitative estimate of drug-likeness (QED) is 0.569. The van der Waals surface area contributed by atoms with Crippen LogP contribution >= 0.6 is 11.6 Å². The van der Waals surface area contributed by atoms with Crippen LogP contribution in [0.2, 0.25) is 0 Å². The Balaban J connectivity index is 2.07. The zero-order valence-electron chi connectivity index (χ0n) is 14.9. The fraction of sp³-hybridized carbons (Fsp3) is 0.217. The van der Waals surface area contributed by atoms with E-state index < -0.39 is 5.60 Å². The van der Waals surface area contributed by atoms with Crippen LogP contribution in [0.4, 0.5) is 0 Å². The highest BCUT2D eigenvalue weighted by atomic mass is 35.5. The van der Waals surface area contributed by atoms with Gasteiger partial charge in [0, 0.05) is 27.8 Å². The lowest BCUT2D eigenvalue weighted by Gasteiger charge is -2.26. The number of furan rings is 1. The summed E-state index contributed by atoms with van der Waals surface area (Å²) in [5, 5.41) is 13.9. The van der Waals surface area contributed by atoms with E-state index in [0.717, 1.165) is 43.7 Å². The number of halogens is 1. The first-order valence-corrected chi connectivity index (χ1v) is 9.29. The Morgan fingerprint density at radius 3 is 2.69 bits per heavy atom. The lowest BCUT2D eigenvalue weighted by Crippen LogP contribution is -2.25. The summed E-state index contributed by atoms with van der Waals surface area (Å²) in [7, 11) is 0. The summed E-state index contributed by atoms with van der Waals surface area (Å²) in [5.41, 5.74) is 3.48. The van der Waals surface area contributed by atoms with Crippen molar-refractivity contribution < 1.29 is 9.52 Å². The van der Waals surface area contributed by atoms with Gasteiger partial charge in [0.05, 0.1) is 5.60 Å². The number of allylic oxidation sites excluding steroid dienone is 4. The zero-order valence-corrected chi connectivity index (χ0v) is 15.7. The Kier molecular flexibility index (Phi) is 4.26. The van der Waals surface area contributed by atoms with Gasteiger partial charge in [0.1, 0.15) is 11.2 Å². The molecule has 1 heterocycles. The second-order valence-electron chi connectivity index (χ2n) is 6.93. The molecule has 1 aromatic heterocycles. The van der Waals surface area contributed by atoms with Crippen molar-refractivity contribution >= 4 is 39.1 Å². The SMILES string of the molecule is CCC(C)(O)C1=C(c2cccc3c2oc2ccccc23)C=CCC(Cl)=C1. The highest BCUT2D eigenvalue weighted by Gasteiger charge is 2.27. The summed E-state index contributed by atoms with van der Waals surface area (Å²) in [6.45, 7) is 3.81. The first-order valence-electron chi connectivity index (χ1n) is 8.91. The molecule has 0 saturated heterocycles. The molecule has 0 bridgehead atoms. The van der Waals surface area contributed by atoms with Crippen molar-refractivity contribution in [3.8, 4) is 0 Å². The molecule has 132 valence electrons. The molecule has 0 fully saturated rings. The van der Waals surface area contributed by atoms with Crippen molar-refractivity contribution in [2.75, 3.05) is 0 Å². The van der Waals surface area contributed by atoms with E-state index in [1.807, 2.05) is 62.4 Å². The van der Waals surface area contributed by atoms with E-state index in [-0.39, 0.29) is 0 Å². The third-order valence-electron chi connectivity index (χ3n) is 5.15. The van der Waals surface area contributed by atoms with Gasteiger partial charge in [-0.05, 0) is 36.6 Å². The summed E-state index contributed by atoms with van der Waals surface area (Å²) in [6, 6.07) is 14.2. The molecule has 0 radical (unpaired) electrons. The van der Waals surface area contributed by atoms with Gasteiger partial charge in [-0.1, -0.05) is 67.1 Å². The number of hydrogen-bond donors (Lipinski definition) is 1. The Hall–Kier alpha value is -2.29. The number of rotatable bonds is 3. The minimum Gasteiger partial charge on any atom is -0.455 e. The molecule has 1 aliphatic carbocycles. The second-order valence-corrected chi connectivity index (χ2v) is 7.42. The highest BCUT2D eigenvalue weighted by molar-refractivity contribution is 6.30. The van der Waals surface area contributed by atoms with E-state index >= 15 is 0 Å². The fourth-order valence-corrected chi connectivity index (χ4v) is 3.70. The number of fused-ring (bicyclic) bond motifs is 3. The van der Waals surface area contributed by atoms with E-state index in [1.165, 1.54) is 0 Å². The van der Waals surface area contributed by atoms with Gasteiger partial charge in [0.15, 0.2) is 0 Å². The Morgan fingerprint density at radius 1 is 1.12 bits per heavy atom. The van der Waals surface area contributed by atoms with Crippen molar-refractivity contribution in [3.63, 3.8) is 0 Å². The topological polar surface area (TPSA) is 33.4 Å². The van der Waals surface area contributed by atoms with E-state index in [2.05, 4.69) is 12.1 Å². The fourth-order valence-electron chi connectivity index (χ4n) is 3.50. The molecule has 1 unspecified atom stereocenters. The largest absolute Gasteiger partial charge is 0.455 e. The first kappa shape index (κ1) is 17.1. The van der Waals surface area contributed by atoms with Crippen LogP contribution in [-0.4, -0.2) is 10.7 Å². The first-order chi connectivity index (χ1) is 12.5. The molecule has 2 aromatic carbocycles. The van der Waals surface area contributed by atoms with Crippen molar-refractivity contribution in [1.29, 1.82) is 0 Å². The molecular weight excluding hydrogens is 344 g/mol. The minimum atomic E-state index is -0.974. The van der Waals surface area contributed by atoms with Crippen LogP contribution in [-0.2, 0) is 0 Å². The molecule has 1 atom stereocenters. The molecule has 1 aliphatic rings. The van der Waals surface area contributed by atoms with Crippen LogP contribution in [0.25, 0.3) is 27.5 Å². The number of hydrogen-bond acceptors (Lipinski definition) is 2. The Bertz CT molecular complexity index is 1080. The van der Waals surface area contributed by atoms with Crippen LogP contribution in [0.1, 0.15) is 32.3 Å². The lowest BCUT2D eigenvalue weighted by atomic mass is 9.86. The lowest BCUT2D eigenvalue weighted by molar-refractivity contribution is 0.0990. The molecule has 3 aromatic rings. The summed E-state index contributed by atoms with van der Waals surface area (Å²) < 4.78 is 6.20. The smallest absolute Gasteiger partial charge is 0.143 e. The molecule has 2 nitrogen and oxygen atoms in total. The number of para-hydroxylation sites is 2. The molecule has 3 heteroatoms. The van der Waals surface area contributed by atoms with Crippen LogP contribution < -0.4 is 0 Å². The zero-order chi connectivity index (χ0) is 18.3. The van der Waals surface area contributed by atoms with Gasteiger partial charge in [-0.25, -0.2) is 0 Å². The standard InChI is InChI=1S/C23H21ClO2/c1-3-23(2,25)20-14-15(24)8-6-10-16(20)18-11-7-12-19-17-9-4-5-13-21(17)26-22(18)19/h4-7,9-14,25H,3,8H2,1-2H3. The van der Waals surface area contributed by atoms with Crippen LogP contribution in [0.15, 0.2) is 75.7 Å². The third kappa shape index (κ3) is 2.80. The van der Waals surface area contributed by atoms with Crippen LogP contribution in [0.3, 0.4) is 0 Å². The van der Waals surface area contributed by atoms with Gasteiger partial charge in [0.2, 0.25) is 0 Å². The summed E-state index contributed by atoms with van der Waals surface area (Å²) in [6.07, 6.45) is 7.24. The van der Waals surface area contributed by atoms with E-state index in [9.17, 15) is 5.11 Å². The van der Waals surface area contributed by atoms with Crippen LogP contribution in [0, 0.1) is 0 Å². The summed E-state index contributed by atoms with van der Waals surface area (Å²) >= 11 is 6.36. The number of aliphatic hydroxyl groups is 1. The average molecular weight is 365 g/mol.